The molecule has 3 atom stereocenters. The van der Waals surface area contributed by atoms with Crippen LogP contribution in [-0.2, 0) is 26.8 Å². The topological polar surface area (TPSA) is 146 Å². The van der Waals surface area contributed by atoms with Crippen molar-refractivity contribution in [3.63, 3.8) is 0 Å². The zero-order chi connectivity index (χ0) is 34.8. The number of carboxylic acid groups (broad SMARTS) is 2. The maximum atomic E-state index is 12.2. The summed E-state index contributed by atoms with van der Waals surface area (Å²) >= 11 is 0. The molecule has 3 aromatic carbocycles. The molecular formula is C38H45N3O6. The molecule has 1 aromatic heterocycles. The number of phenols is 1. The summed E-state index contributed by atoms with van der Waals surface area (Å²) in [7, 11) is 0. The molecule has 5 rings (SSSR count). The van der Waals surface area contributed by atoms with E-state index in [9.17, 15) is 24.9 Å². The fraction of sp³-hybridized carbons (Fsp3) is 0.368. The maximum Gasteiger partial charge on any atom is 0.314 e. The Balaban J connectivity index is 0.000000215. The number of aliphatic carboxylic acids is 2. The van der Waals surface area contributed by atoms with Crippen LogP contribution in [0.4, 0.5) is 0 Å². The molecule has 0 amide bonds. The van der Waals surface area contributed by atoms with Gasteiger partial charge >= 0.3 is 11.9 Å². The number of fused-ring (bicyclic) bond motifs is 1. The van der Waals surface area contributed by atoms with Crippen LogP contribution in [0.15, 0.2) is 91.0 Å². The molecule has 0 spiro atoms. The number of hydrogen-bond acceptors (Lipinski definition) is 6. The van der Waals surface area contributed by atoms with E-state index < -0.39 is 34.3 Å². The van der Waals surface area contributed by atoms with E-state index in [0.29, 0.717) is 17.7 Å². The summed E-state index contributed by atoms with van der Waals surface area (Å²) in [6.45, 7) is 13.5. The van der Waals surface area contributed by atoms with Gasteiger partial charge in [0.2, 0.25) is 0 Å². The summed E-state index contributed by atoms with van der Waals surface area (Å²) in [5.41, 5.74) is 0.933. The fourth-order valence-corrected chi connectivity index (χ4v) is 5.96. The predicted octanol–water partition coefficient (Wildman–Crippen LogP) is 6.99. The van der Waals surface area contributed by atoms with E-state index in [1.54, 1.807) is 25.1 Å². The number of rotatable bonds is 7. The average Bonchev–Trinajstić information content (AvgIpc) is 3.44. The number of aryl methyl sites for hydroxylation is 1. The number of aromatic hydroxyl groups is 1. The first-order valence-electron chi connectivity index (χ1n) is 15.7. The lowest BCUT2D eigenvalue weighted by atomic mass is 9.57. The molecule has 1 heterocycles. The van der Waals surface area contributed by atoms with Gasteiger partial charge in [-0.25, -0.2) is 0 Å². The van der Waals surface area contributed by atoms with E-state index in [-0.39, 0.29) is 17.6 Å². The Bertz CT molecular complexity index is 1780. The lowest BCUT2D eigenvalue weighted by Crippen LogP contribution is -2.57. The van der Waals surface area contributed by atoms with Crippen molar-refractivity contribution in [2.75, 3.05) is 0 Å². The average molecular weight is 640 g/mol. The van der Waals surface area contributed by atoms with Gasteiger partial charge in [0.25, 0.3) is 0 Å². The first-order chi connectivity index (χ1) is 21.9. The van der Waals surface area contributed by atoms with Gasteiger partial charge in [0.05, 0.1) is 11.0 Å². The van der Waals surface area contributed by atoms with Crippen molar-refractivity contribution in [1.29, 1.82) is 0 Å². The smallest absolute Gasteiger partial charge is 0.314 e. The second-order valence-corrected chi connectivity index (χ2v) is 14.3. The van der Waals surface area contributed by atoms with E-state index >= 15 is 0 Å². The summed E-state index contributed by atoms with van der Waals surface area (Å²) < 4.78 is 0. The molecule has 0 saturated carbocycles. The Hall–Kier alpha value is -4.76. The maximum absolute atomic E-state index is 12.2. The molecule has 1 aliphatic carbocycles. The van der Waals surface area contributed by atoms with Gasteiger partial charge in [-0.15, -0.1) is 15.0 Å². The van der Waals surface area contributed by atoms with Crippen LogP contribution in [0.1, 0.15) is 71.6 Å². The van der Waals surface area contributed by atoms with Crippen LogP contribution in [0, 0.1) is 11.3 Å². The third-order valence-electron chi connectivity index (χ3n) is 8.97. The monoisotopic (exact) mass is 639 g/mol. The molecule has 248 valence electrons. The molecule has 4 N–H and O–H groups in total. The van der Waals surface area contributed by atoms with E-state index in [4.69, 9.17) is 5.11 Å². The van der Waals surface area contributed by atoms with Gasteiger partial charge in [0, 0.05) is 17.9 Å². The highest BCUT2D eigenvalue weighted by molar-refractivity contribution is 5.82. The van der Waals surface area contributed by atoms with Crippen LogP contribution in [0.2, 0.25) is 0 Å². The van der Waals surface area contributed by atoms with Crippen molar-refractivity contribution in [3.05, 3.63) is 108 Å². The summed E-state index contributed by atoms with van der Waals surface area (Å²) in [5.74, 6) is -2.24. The van der Waals surface area contributed by atoms with Gasteiger partial charge < -0.3 is 20.4 Å². The summed E-state index contributed by atoms with van der Waals surface area (Å²) in [5, 5.41) is 49.9. The predicted molar refractivity (Wildman–Crippen MR) is 183 cm³/mol. The van der Waals surface area contributed by atoms with Crippen molar-refractivity contribution in [1.82, 2.24) is 15.0 Å². The van der Waals surface area contributed by atoms with Crippen molar-refractivity contribution in [2.24, 2.45) is 11.3 Å². The normalized spacial score (nSPS) is 19.1. The standard InChI is InChI=1S/C19H21N3O3.C19H24O3/c1-19(2,3)13-10-12(8-9-17(23)24)11-16(18(13)25)22-20-14-6-4-5-7-15(14)21-22;1-17(2,3)19(22)13-9-8-12-15(19)18(4,16(20)21)14-10-6-5-7-11-14/h4-7,10-11,25H,8-9H2,1-3H3,(H,23,24);5-13,15,22H,1-4H3,(H,20,21). The first-order valence-corrected chi connectivity index (χ1v) is 15.7. The SMILES string of the molecule is CC(C(=O)O)(c1ccccc1)C1C=CC=CC1(O)C(C)(C)C.CC(C)(C)c1cc(CCC(=O)O)cc(-n2nc3ccccc3n2)c1O. The largest absolute Gasteiger partial charge is 0.505 e. The van der Waals surface area contributed by atoms with Gasteiger partial charge in [0.15, 0.2) is 0 Å². The number of allylic oxidation sites excluding steroid dienone is 2. The zero-order valence-corrected chi connectivity index (χ0v) is 28.1. The van der Waals surface area contributed by atoms with Gasteiger partial charge in [-0.05, 0) is 53.5 Å². The number of aromatic nitrogens is 3. The number of carboxylic acids is 2. The lowest BCUT2D eigenvalue weighted by Gasteiger charge is -2.49. The highest BCUT2D eigenvalue weighted by atomic mass is 16.4. The minimum Gasteiger partial charge on any atom is -0.505 e. The molecule has 47 heavy (non-hydrogen) atoms. The van der Waals surface area contributed by atoms with Crippen LogP contribution < -0.4 is 0 Å². The van der Waals surface area contributed by atoms with Crippen LogP contribution >= 0.6 is 0 Å². The Morgan fingerprint density at radius 3 is 1.94 bits per heavy atom. The van der Waals surface area contributed by atoms with Crippen LogP contribution in [0.5, 0.6) is 5.75 Å². The zero-order valence-electron chi connectivity index (χ0n) is 28.1. The van der Waals surface area contributed by atoms with Crippen LogP contribution in [0.3, 0.4) is 0 Å². The minimum atomic E-state index is -1.25. The first kappa shape index (κ1) is 35.1. The number of benzene rings is 3. The van der Waals surface area contributed by atoms with E-state index in [1.165, 1.54) is 4.80 Å². The molecule has 9 nitrogen and oxygen atoms in total. The number of hydrogen-bond donors (Lipinski definition) is 4. The third kappa shape index (κ3) is 7.15. The Kier molecular flexibility index (Phi) is 9.83. The van der Waals surface area contributed by atoms with E-state index in [1.807, 2.05) is 114 Å². The third-order valence-corrected chi connectivity index (χ3v) is 8.97. The Morgan fingerprint density at radius 2 is 1.43 bits per heavy atom. The van der Waals surface area contributed by atoms with Crippen molar-refractivity contribution < 1.29 is 30.0 Å². The highest BCUT2D eigenvalue weighted by Gasteiger charge is 2.55. The molecule has 0 bridgehead atoms. The quantitative estimate of drug-likeness (QED) is 0.169. The molecular weight excluding hydrogens is 594 g/mol. The van der Waals surface area contributed by atoms with Gasteiger partial charge in [0.1, 0.15) is 22.5 Å². The summed E-state index contributed by atoms with van der Waals surface area (Å²) in [4.78, 5) is 24.5. The molecule has 0 radical (unpaired) electrons. The molecule has 4 aromatic rings. The van der Waals surface area contributed by atoms with Crippen LogP contribution in [0.25, 0.3) is 16.7 Å². The molecule has 3 unspecified atom stereocenters. The molecule has 0 saturated heterocycles. The summed E-state index contributed by atoms with van der Waals surface area (Å²) in [6.07, 6.45) is 7.55. The van der Waals surface area contributed by atoms with E-state index in [0.717, 1.165) is 22.2 Å². The minimum absolute atomic E-state index is 0.0301. The molecule has 1 aliphatic rings. The number of aliphatic hydroxyl groups is 1. The van der Waals surface area contributed by atoms with Crippen molar-refractivity contribution in [2.45, 2.75) is 77.7 Å². The molecule has 0 aliphatic heterocycles. The Labute approximate surface area is 275 Å². The number of carbonyl (C=O) groups is 2. The van der Waals surface area contributed by atoms with Gasteiger partial charge in [-0.3, -0.25) is 9.59 Å². The molecule has 9 heteroatoms. The highest BCUT2D eigenvalue weighted by Crippen LogP contribution is 2.49. The Morgan fingerprint density at radius 1 is 0.851 bits per heavy atom. The van der Waals surface area contributed by atoms with Crippen molar-refractivity contribution in [3.8, 4) is 11.4 Å². The second-order valence-electron chi connectivity index (χ2n) is 14.3. The second kappa shape index (κ2) is 13.2. The van der Waals surface area contributed by atoms with Crippen LogP contribution in [-0.4, -0.2) is 53.0 Å². The number of nitrogens with zero attached hydrogens (tertiary/aromatic N) is 3. The fourth-order valence-electron chi connectivity index (χ4n) is 5.96. The van der Waals surface area contributed by atoms with E-state index in [2.05, 4.69) is 10.2 Å². The van der Waals surface area contributed by atoms with Gasteiger partial charge in [-0.1, -0.05) is 114 Å². The summed E-state index contributed by atoms with van der Waals surface area (Å²) in [6, 6.07) is 20.2. The van der Waals surface area contributed by atoms with Gasteiger partial charge in [-0.2, -0.15) is 0 Å². The molecule has 0 fully saturated rings. The lowest BCUT2D eigenvalue weighted by molar-refractivity contribution is -0.152. The number of phenolic OH excluding ortho intramolecular Hbond substituents is 1. The van der Waals surface area contributed by atoms with Crippen molar-refractivity contribution >= 4 is 23.0 Å².